The quantitative estimate of drug-likeness (QED) is 0.683. The predicted molar refractivity (Wildman–Crippen MR) is 40.2 cm³/mol. The van der Waals surface area contributed by atoms with E-state index < -0.39 is 29.0 Å². The summed E-state index contributed by atoms with van der Waals surface area (Å²) in [7, 11) is 0. The number of anilines is 1. The van der Waals surface area contributed by atoms with E-state index in [9.17, 15) is 23.1 Å². The maximum absolute atomic E-state index is 12.3. The van der Waals surface area contributed by atoms with Gasteiger partial charge in [0.25, 0.3) is 0 Å². The lowest BCUT2D eigenvalue weighted by molar-refractivity contribution is -0.255. The largest absolute Gasteiger partial charge is 0.545 e. The van der Waals surface area contributed by atoms with E-state index in [2.05, 4.69) is 0 Å². The van der Waals surface area contributed by atoms with E-state index in [1.807, 2.05) is 0 Å². The number of carbonyl (C=O) groups is 1. The number of nitrogens with two attached hydrogens (primary N) is 1. The molecule has 0 radical (unpaired) electrons. The van der Waals surface area contributed by atoms with Crippen molar-refractivity contribution < 1.29 is 23.1 Å². The molecule has 6 heteroatoms. The molecule has 0 spiro atoms. The number of hydrogen-bond acceptors (Lipinski definition) is 3. The minimum absolute atomic E-state index is 0.626. The van der Waals surface area contributed by atoms with Gasteiger partial charge in [0, 0.05) is 11.3 Å². The van der Waals surface area contributed by atoms with Crippen molar-refractivity contribution in [1.82, 2.24) is 0 Å². The molecule has 1 aromatic rings. The molecule has 0 fully saturated rings. The molecule has 3 nitrogen and oxygen atoms in total. The van der Waals surface area contributed by atoms with Crippen molar-refractivity contribution in [2.24, 2.45) is 0 Å². The molecule has 1 rings (SSSR count). The molecule has 0 heterocycles. The Morgan fingerprint density at radius 2 is 1.93 bits per heavy atom. The third-order valence-electron chi connectivity index (χ3n) is 1.60. The Balaban J connectivity index is 3.45. The molecule has 0 saturated carbocycles. The number of carboxylic acid groups (broad SMARTS) is 1. The summed E-state index contributed by atoms with van der Waals surface area (Å²) in [4.78, 5) is 10.4. The van der Waals surface area contributed by atoms with E-state index in [4.69, 9.17) is 5.73 Å². The Kier molecular flexibility index (Phi) is 2.37. The number of hydrogen-bond donors (Lipinski definition) is 1. The van der Waals surface area contributed by atoms with Crippen LogP contribution in [0.5, 0.6) is 0 Å². The van der Waals surface area contributed by atoms with Crippen LogP contribution in [0.4, 0.5) is 18.9 Å². The summed E-state index contributed by atoms with van der Waals surface area (Å²) in [6, 6.07) is 2.90. The van der Waals surface area contributed by atoms with Gasteiger partial charge in [0.15, 0.2) is 0 Å². The van der Waals surface area contributed by atoms with E-state index in [0.717, 1.165) is 18.2 Å². The van der Waals surface area contributed by atoms with Gasteiger partial charge >= 0.3 is 6.18 Å². The van der Waals surface area contributed by atoms with E-state index in [-0.39, 0.29) is 0 Å². The lowest BCUT2D eigenvalue weighted by Gasteiger charge is -2.15. The number of aromatic carboxylic acids is 1. The zero-order valence-corrected chi connectivity index (χ0v) is 6.76. The fourth-order valence-corrected chi connectivity index (χ4v) is 1.06. The van der Waals surface area contributed by atoms with Gasteiger partial charge in [-0.1, -0.05) is 12.1 Å². The first-order valence-electron chi connectivity index (χ1n) is 3.51. The zero-order valence-electron chi connectivity index (χ0n) is 6.76. The number of benzene rings is 1. The first-order valence-corrected chi connectivity index (χ1v) is 3.51. The molecule has 0 saturated heterocycles. The van der Waals surface area contributed by atoms with Gasteiger partial charge in [-0.25, -0.2) is 0 Å². The summed E-state index contributed by atoms with van der Waals surface area (Å²) in [5.74, 6) is -1.90. The third kappa shape index (κ3) is 1.78. The standard InChI is InChI=1S/C8H6F3NO2/c9-8(10,11)6-4(7(13)14)2-1-3-5(6)12/h1-3H,12H2,(H,13,14)/p-1. The van der Waals surface area contributed by atoms with Crippen molar-refractivity contribution in [3.05, 3.63) is 29.3 Å². The predicted octanol–water partition coefficient (Wildman–Crippen LogP) is 0.651. The van der Waals surface area contributed by atoms with Gasteiger partial charge in [0.1, 0.15) is 0 Å². The Morgan fingerprint density at radius 3 is 2.29 bits per heavy atom. The summed E-state index contributed by atoms with van der Waals surface area (Å²) >= 11 is 0. The third-order valence-corrected chi connectivity index (χ3v) is 1.60. The van der Waals surface area contributed by atoms with Gasteiger partial charge in [-0.2, -0.15) is 13.2 Å². The highest BCUT2D eigenvalue weighted by molar-refractivity contribution is 5.89. The lowest BCUT2D eigenvalue weighted by atomic mass is 10.1. The monoisotopic (exact) mass is 204 g/mol. The second-order valence-electron chi connectivity index (χ2n) is 2.56. The van der Waals surface area contributed by atoms with Crippen LogP contribution in [0.3, 0.4) is 0 Å². The molecule has 0 amide bonds. The molecule has 0 unspecified atom stereocenters. The molecule has 0 aliphatic carbocycles. The van der Waals surface area contributed by atoms with Gasteiger partial charge in [-0.3, -0.25) is 0 Å². The number of rotatable bonds is 1. The number of nitrogen functional groups attached to an aromatic ring is 1. The Labute approximate surface area is 77.0 Å². The van der Waals surface area contributed by atoms with Crippen molar-refractivity contribution in [1.29, 1.82) is 0 Å². The fraction of sp³-hybridized carbons (Fsp3) is 0.125. The van der Waals surface area contributed by atoms with Crippen molar-refractivity contribution in [2.75, 3.05) is 5.73 Å². The van der Waals surface area contributed by atoms with Crippen LogP contribution in [0.25, 0.3) is 0 Å². The van der Waals surface area contributed by atoms with E-state index in [1.165, 1.54) is 0 Å². The Bertz CT molecular complexity index is 373. The van der Waals surface area contributed by atoms with Gasteiger partial charge in [-0.15, -0.1) is 0 Å². The number of carbonyl (C=O) groups excluding carboxylic acids is 1. The number of halogens is 3. The molecule has 1 aromatic carbocycles. The summed E-state index contributed by atoms with van der Waals surface area (Å²) < 4.78 is 36.9. The molecule has 0 aliphatic rings. The highest BCUT2D eigenvalue weighted by Gasteiger charge is 2.35. The van der Waals surface area contributed by atoms with E-state index in [0.29, 0.717) is 0 Å². The molecular weight excluding hydrogens is 199 g/mol. The molecule has 76 valence electrons. The fourth-order valence-electron chi connectivity index (χ4n) is 1.06. The Hall–Kier alpha value is -1.72. The molecular formula is C8H5F3NO2-. The average molecular weight is 204 g/mol. The van der Waals surface area contributed by atoms with Crippen LogP contribution in [0.2, 0.25) is 0 Å². The van der Waals surface area contributed by atoms with Gasteiger partial charge in [-0.05, 0) is 6.07 Å². The highest BCUT2D eigenvalue weighted by atomic mass is 19.4. The average Bonchev–Trinajstić information content (AvgIpc) is 2.01. The smallest absolute Gasteiger partial charge is 0.419 e. The molecule has 0 aromatic heterocycles. The first-order chi connectivity index (χ1) is 6.34. The normalized spacial score (nSPS) is 11.4. The summed E-state index contributed by atoms with van der Waals surface area (Å²) in [6.45, 7) is 0. The molecule has 0 bridgehead atoms. The van der Waals surface area contributed by atoms with E-state index in [1.54, 1.807) is 0 Å². The molecule has 2 N–H and O–H groups in total. The molecule has 0 atom stereocenters. The lowest BCUT2D eigenvalue weighted by Crippen LogP contribution is -2.26. The van der Waals surface area contributed by atoms with Gasteiger partial charge in [0.2, 0.25) is 0 Å². The Morgan fingerprint density at radius 1 is 1.36 bits per heavy atom. The second-order valence-corrected chi connectivity index (χ2v) is 2.56. The van der Waals surface area contributed by atoms with Crippen LogP contribution in [0, 0.1) is 0 Å². The van der Waals surface area contributed by atoms with Crippen LogP contribution in [-0.2, 0) is 6.18 Å². The number of alkyl halides is 3. The zero-order chi connectivity index (χ0) is 10.9. The minimum Gasteiger partial charge on any atom is -0.545 e. The van der Waals surface area contributed by atoms with Crippen molar-refractivity contribution in [3.63, 3.8) is 0 Å². The molecule has 0 aliphatic heterocycles. The second kappa shape index (κ2) is 3.21. The molecule has 14 heavy (non-hydrogen) atoms. The minimum atomic E-state index is -4.79. The van der Waals surface area contributed by atoms with Gasteiger partial charge in [0.05, 0.1) is 11.5 Å². The summed E-state index contributed by atoms with van der Waals surface area (Å²) in [5.41, 5.74) is 2.10. The highest BCUT2D eigenvalue weighted by Crippen LogP contribution is 2.35. The van der Waals surface area contributed by atoms with Crippen LogP contribution < -0.4 is 10.8 Å². The van der Waals surface area contributed by atoms with Crippen molar-refractivity contribution in [3.8, 4) is 0 Å². The van der Waals surface area contributed by atoms with Crippen LogP contribution in [-0.4, -0.2) is 5.97 Å². The summed E-state index contributed by atoms with van der Waals surface area (Å²) in [5, 5.41) is 10.4. The van der Waals surface area contributed by atoms with Gasteiger partial charge < -0.3 is 15.6 Å². The maximum atomic E-state index is 12.3. The SMILES string of the molecule is Nc1cccc(C(=O)[O-])c1C(F)(F)F. The van der Waals surface area contributed by atoms with Crippen LogP contribution in [0.1, 0.15) is 15.9 Å². The topological polar surface area (TPSA) is 66.2 Å². The summed E-state index contributed by atoms with van der Waals surface area (Å²) in [6.07, 6.45) is -4.79. The number of carboxylic acids is 1. The van der Waals surface area contributed by atoms with Crippen LogP contribution in [0.15, 0.2) is 18.2 Å². The first kappa shape index (κ1) is 10.4. The van der Waals surface area contributed by atoms with Crippen LogP contribution >= 0.6 is 0 Å². The van der Waals surface area contributed by atoms with Crippen molar-refractivity contribution >= 4 is 11.7 Å². The van der Waals surface area contributed by atoms with E-state index >= 15 is 0 Å². The maximum Gasteiger partial charge on any atom is 0.419 e. The van der Waals surface area contributed by atoms with Crippen molar-refractivity contribution in [2.45, 2.75) is 6.18 Å².